The molecule has 1 aromatic rings. The molecule has 0 aliphatic rings. The second-order valence-corrected chi connectivity index (χ2v) is 3.59. The first-order chi connectivity index (χ1) is 7.13. The lowest BCUT2D eigenvalue weighted by Crippen LogP contribution is -2.25. The van der Waals surface area contributed by atoms with E-state index in [0.717, 1.165) is 17.9 Å². The molecule has 0 bridgehead atoms. The van der Waals surface area contributed by atoms with Crippen molar-refractivity contribution in [1.82, 2.24) is 10.3 Å². The molecule has 0 atom stereocenters. The highest BCUT2D eigenvalue weighted by Gasteiger charge is 2.06. The number of amides is 1. The molecule has 0 aliphatic heterocycles. The molecule has 1 amide bonds. The van der Waals surface area contributed by atoms with E-state index in [-0.39, 0.29) is 5.91 Å². The topological polar surface area (TPSA) is 55.1 Å². The van der Waals surface area contributed by atoms with E-state index in [2.05, 4.69) is 10.3 Å². The monoisotopic (exact) mass is 210 g/mol. The number of hydrogen-bond donors (Lipinski definition) is 1. The van der Waals surface area contributed by atoms with Gasteiger partial charge in [-0.15, -0.1) is 0 Å². The van der Waals surface area contributed by atoms with Crippen LogP contribution in [0.5, 0.6) is 0 Å². The minimum Gasteiger partial charge on any atom is -0.446 e. The van der Waals surface area contributed by atoms with Crippen LogP contribution in [-0.4, -0.2) is 17.4 Å². The Bertz CT molecular complexity index is 331. The van der Waals surface area contributed by atoms with Crippen molar-refractivity contribution in [1.29, 1.82) is 0 Å². The number of hydrogen-bond acceptors (Lipinski definition) is 3. The van der Waals surface area contributed by atoms with Crippen molar-refractivity contribution in [3.05, 3.63) is 17.3 Å². The van der Waals surface area contributed by atoms with E-state index in [4.69, 9.17) is 4.42 Å². The van der Waals surface area contributed by atoms with Gasteiger partial charge in [-0.05, 0) is 13.3 Å². The third-order valence-electron chi connectivity index (χ3n) is 2.15. The minimum absolute atomic E-state index is 0.103. The van der Waals surface area contributed by atoms with Crippen molar-refractivity contribution in [2.45, 2.75) is 40.0 Å². The Kier molecular flexibility index (Phi) is 4.34. The van der Waals surface area contributed by atoms with Crippen LogP contribution in [0.1, 0.15) is 37.1 Å². The van der Waals surface area contributed by atoms with E-state index in [9.17, 15) is 4.79 Å². The molecule has 15 heavy (non-hydrogen) atoms. The standard InChI is InChI=1S/C11H18N2O2/c1-4-5-11(14)12-7-6-10-8(2)13-9(3)15-10/h4-7H2,1-3H3,(H,12,14). The van der Waals surface area contributed by atoms with Crippen molar-refractivity contribution < 1.29 is 9.21 Å². The van der Waals surface area contributed by atoms with Gasteiger partial charge < -0.3 is 9.73 Å². The van der Waals surface area contributed by atoms with Gasteiger partial charge in [-0.2, -0.15) is 0 Å². The lowest BCUT2D eigenvalue weighted by atomic mass is 10.2. The van der Waals surface area contributed by atoms with Crippen LogP contribution in [0.4, 0.5) is 0 Å². The van der Waals surface area contributed by atoms with Crippen molar-refractivity contribution in [3.63, 3.8) is 0 Å². The third-order valence-corrected chi connectivity index (χ3v) is 2.15. The van der Waals surface area contributed by atoms with E-state index in [1.807, 2.05) is 20.8 Å². The van der Waals surface area contributed by atoms with Crippen molar-refractivity contribution in [3.8, 4) is 0 Å². The summed E-state index contributed by atoms with van der Waals surface area (Å²) in [7, 11) is 0. The van der Waals surface area contributed by atoms with Crippen LogP contribution < -0.4 is 5.32 Å². The maximum absolute atomic E-state index is 11.2. The number of carbonyl (C=O) groups excluding carboxylic acids is 1. The van der Waals surface area contributed by atoms with Gasteiger partial charge in [0.15, 0.2) is 5.89 Å². The van der Waals surface area contributed by atoms with Gasteiger partial charge in [0.2, 0.25) is 5.91 Å². The third kappa shape index (κ3) is 3.73. The Labute approximate surface area is 90.1 Å². The maximum atomic E-state index is 11.2. The molecule has 1 heterocycles. The average Bonchev–Trinajstić information content (AvgIpc) is 2.46. The predicted molar refractivity (Wildman–Crippen MR) is 57.6 cm³/mol. The Hall–Kier alpha value is -1.32. The summed E-state index contributed by atoms with van der Waals surface area (Å²) in [4.78, 5) is 15.3. The largest absolute Gasteiger partial charge is 0.446 e. The van der Waals surface area contributed by atoms with Gasteiger partial charge in [0.05, 0.1) is 5.69 Å². The van der Waals surface area contributed by atoms with Gasteiger partial charge in [0.1, 0.15) is 5.76 Å². The molecule has 0 radical (unpaired) electrons. The molecule has 1 aromatic heterocycles. The number of aromatic nitrogens is 1. The van der Waals surface area contributed by atoms with Gasteiger partial charge in [-0.1, -0.05) is 6.92 Å². The van der Waals surface area contributed by atoms with E-state index in [0.29, 0.717) is 25.3 Å². The SMILES string of the molecule is CCCC(=O)NCCc1oc(C)nc1C. The summed E-state index contributed by atoms with van der Waals surface area (Å²) in [6.07, 6.45) is 2.18. The number of aryl methyl sites for hydroxylation is 2. The number of rotatable bonds is 5. The molecular formula is C11H18N2O2. The first kappa shape index (κ1) is 11.8. The van der Waals surface area contributed by atoms with Crippen LogP contribution in [-0.2, 0) is 11.2 Å². The zero-order chi connectivity index (χ0) is 11.3. The number of nitrogens with one attached hydrogen (secondary N) is 1. The highest BCUT2D eigenvalue weighted by Crippen LogP contribution is 2.09. The molecular weight excluding hydrogens is 192 g/mol. The average molecular weight is 210 g/mol. The Morgan fingerprint density at radius 1 is 1.47 bits per heavy atom. The normalized spacial score (nSPS) is 10.3. The van der Waals surface area contributed by atoms with Crippen molar-refractivity contribution in [2.75, 3.05) is 6.54 Å². The Balaban J connectivity index is 2.31. The molecule has 0 saturated heterocycles. The van der Waals surface area contributed by atoms with Crippen LogP contribution in [0, 0.1) is 13.8 Å². The van der Waals surface area contributed by atoms with Crippen LogP contribution >= 0.6 is 0 Å². The summed E-state index contributed by atoms with van der Waals surface area (Å²) in [6.45, 7) is 6.35. The lowest BCUT2D eigenvalue weighted by Gasteiger charge is -2.02. The fourth-order valence-corrected chi connectivity index (χ4v) is 1.44. The van der Waals surface area contributed by atoms with E-state index in [1.54, 1.807) is 0 Å². The molecule has 0 aromatic carbocycles. The fourth-order valence-electron chi connectivity index (χ4n) is 1.44. The smallest absolute Gasteiger partial charge is 0.219 e. The number of nitrogens with zero attached hydrogens (tertiary/aromatic N) is 1. The van der Waals surface area contributed by atoms with Crippen LogP contribution in [0.2, 0.25) is 0 Å². The molecule has 0 aliphatic carbocycles. The molecule has 0 unspecified atom stereocenters. The summed E-state index contributed by atoms with van der Waals surface area (Å²) in [6, 6.07) is 0. The first-order valence-electron chi connectivity index (χ1n) is 5.33. The zero-order valence-electron chi connectivity index (χ0n) is 9.59. The predicted octanol–water partition coefficient (Wildman–Crippen LogP) is 1.75. The van der Waals surface area contributed by atoms with E-state index >= 15 is 0 Å². The van der Waals surface area contributed by atoms with Crippen molar-refractivity contribution >= 4 is 5.91 Å². The molecule has 4 nitrogen and oxygen atoms in total. The van der Waals surface area contributed by atoms with Gasteiger partial charge in [0.25, 0.3) is 0 Å². The van der Waals surface area contributed by atoms with Crippen LogP contribution in [0.25, 0.3) is 0 Å². The highest BCUT2D eigenvalue weighted by molar-refractivity contribution is 5.75. The summed E-state index contributed by atoms with van der Waals surface area (Å²) >= 11 is 0. The lowest BCUT2D eigenvalue weighted by molar-refractivity contribution is -0.121. The molecule has 0 saturated carbocycles. The fraction of sp³-hybridized carbons (Fsp3) is 0.636. The van der Waals surface area contributed by atoms with Gasteiger partial charge in [-0.3, -0.25) is 4.79 Å². The molecule has 1 N–H and O–H groups in total. The molecule has 0 fully saturated rings. The minimum atomic E-state index is 0.103. The van der Waals surface area contributed by atoms with Gasteiger partial charge >= 0.3 is 0 Å². The summed E-state index contributed by atoms with van der Waals surface area (Å²) in [5, 5.41) is 2.84. The van der Waals surface area contributed by atoms with Gasteiger partial charge in [-0.25, -0.2) is 4.98 Å². The summed E-state index contributed by atoms with van der Waals surface area (Å²) in [5.74, 6) is 1.65. The Morgan fingerprint density at radius 3 is 2.73 bits per heavy atom. The maximum Gasteiger partial charge on any atom is 0.219 e. The number of oxazole rings is 1. The number of carbonyl (C=O) groups is 1. The van der Waals surface area contributed by atoms with E-state index < -0.39 is 0 Å². The van der Waals surface area contributed by atoms with Crippen LogP contribution in [0.3, 0.4) is 0 Å². The van der Waals surface area contributed by atoms with Crippen molar-refractivity contribution in [2.24, 2.45) is 0 Å². The highest BCUT2D eigenvalue weighted by atomic mass is 16.4. The summed E-state index contributed by atoms with van der Waals surface area (Å²) < 4.78 is 5.39. The second-order valence-electron chi connectivity index (χ2n) is 3.59. The Morgan fingerprint density at radius 2 is 2.20 bits per heavy atom. The van der Waals surface area contributed by atoms with Gasteiger partial charge in [0, 0.05) is 26.3 Å². The summed E-state index contributed by atoms with van der Waals surface area (Å²) in [5.41, 5.74) is 0.914. The molecule has 0 spiro atoms. The molecule has 4 heteroatoms. The van der Waals surface area contributed by atoms with Crippen LogP contribution in [0.15, 0.2) is 4.42 Å². The first-order valence-corrected chi connectivity index (χ1v) is 5.33. The van der Waals surface area contributed by atoms with E-state index in [1.165, 1.54) is 0 Å². The quantitative estimate of drug-likeness (QED) is 0.805. The molecule has 84 valence electrons. The molecule has 1 rings (SSSR count). The second kappa shape index (κ2) is 5.53. The zero-order valence-corrected chi connectivity index (χ0v) is 9.59.